The van der Waals surface area contributed by atoms with Crippen LogP contribution in [0.3, 0.4) is 0 Å². The molecule has 10 aromatic carbocycles. The molecule has 0 fully saturated rings. The van der Waals surface area contributed by atoms with E-state index in [0.29, 0.717) is 0 Å². The molecule has 0 saturated carbocycles. The molecular weight excluding hydrogens is 849 g/mol. The lowest BCUT2D eigenvalue weighted by atomic mass is 9.79. The van der Waals surface area contributed by atoms with Gasteiger partial charge in [0.15, 0.2) is 0 Å². The summed E-state index contributed by atoms with van der Waals surface area (Å²) in [4.78, 5) is 2.54. The van der Waals surface area contributed by atoms with Gasteiger partial charge in [-0.2, -0.15) is 4.58 Å². The van der Waals surface area contributed by atoms with E-state index in [-0.39, 0.29) is 6.04 Å². The minimum absolute atomic E-state index is 0.0319. The highest BCUT2D eigenvalue weighted by Gasteiger charge is 2.41. The Morgan fingerprint density at radius 1 is 0.343 bits per heavy atom. The Hall–Kier alpha value is -9.25. The van der Waals surface area contributed by atoms with Crippen LogP contribution >= 0.6 is 0 Å². The SMILES string of the molecule is C1=CC2=[N+](c3ccccc3)c3cc4c(cc3N(c3ccccc3)C2C=C1)-c1cccc(-n2c3ccccc3c3cc(-n5c6ccccc6c6ccccc65)ccc32)c1-c1ccccc1-c1ccccc1-4. The maximum Gasteiger partial charge on any atom is 0.235 e. The van der Waals surface area contributed by atoms with Gasteiger partial charge in [-0.15, -0.1) is 0 Å². The van der Waals surface area contributed by atoms with Gasteiger partial charge in [0.05, 0.1) is 27.8 Å². The summed E-state index contributed by atoms with van der Waals surface area (Å²) >= 11 is 0. The van der Waals surface area contributed by atoms with Gasteiger partial charge in [-0.05, 0) is 99.6 Å². The van der Waals surface area contributed by atoms with Crippen LogP contribution in [0.4, 0.5) is 22.7 Å². The first-order valence-electron chi connectivity index (χ1n) is 24.2. The highest BCUT2D eigenvalue weighted by atomic mass is 15.2. The third-order valence-electron chi connectivity index (χ3n) is 14.9. The van der Waals surface area contributed by atoms with E-state index in [9.17, 15) is 0 Å². The Balaban J connectivity index is 1.04. The van der Waals surface area contributed by atoms with E-state index in [4.69, 9.17) is 0 Å². The largest absolute Gasteiger partial charge is 0.319 e. The molecular formula is C66H43N4+. The average molecular weight is 892 g/mol. The molecule has 0 saturated heterocycles. The molecule has 70 heavy (non-hydrogen) atoms. The number of rotatable bonds is 4. The molecule has 4 nitrogen and oxygen atoms in total. The third kappa shape index (κ3) is 5.56. The van der Waals surface area contributed by atoms with Crippen LogP contribution in [-0.2, 0) is 0 Å². The summed E-state index contributed by atoms with van der Waals surface area (Å²) in [5.74, 6) is 0. The van der Waals surface area contributed by atoms with Gasteiger partial charge < -0.3 is 14.0 Å². The van der Waals surface area contributed by atoms with Gasteiger partial charge in [-0.1, -0.05) is 170 Å². The first-order chi connectivity index (χ1) is 34.8. The Morgan fingerprint density at radius 3 is 1.60 bits per heavy atom. The van der Waals surface area contributed by atoms with E-state index < -0.39 is 0 Å². The Bertz CT molecular complexity index is 4190. The van der Waals surface area contributed by atoms with Crippen LogP contribution in [0.15, 0.2) is 255 Å². The zero-order valence-corrected chi connectivity index (χ0v) is 38.1. The van der Waals surface area contributed by atoms with E-state index in [1.807, 2.05) is 0 Å². The molecule has 4 heteroatoms. The van der Waals surface area contributed by atoms with Gasteiger partial charge in [0.2, 0.25) is 17.1 Å². The van der Waals surface area contributed by atoms with E-state index in [0.717, 1.165) is 34.1 Å². The van der Waals surface area contributed by atoms with Crippen molar-refractivity contribution in [1.29, 1.82) is 0 Å². The highest BCUT2D eigenvalue weighted by molar-refractivity contribution is 6.16. The van der Waals surface area contributed by atoms with Crippen molar-refractivity contribution in [3.63, 3.8) is 0 Å². The van der Waals surface area contributed by atoms with E-state index in [1.165, 1.54) is 93.8 Å². The summed E-state index contributed by atoms with van der Waals surface area (Å²) in [6.45, 7) is 0. The van der Waals surface area contributed by atoms with Crippen molar-refractivity contribution in [3.05, 3.63) is 255 Å². The molecule has 12 aromatic rings. The quantitative estimate of drug-likeness (QED) is 0.161. The highest BCUT2D eigenvalue weighted by Crippen LogP contribution is 2.54. The second-order valence-corrected chi connectivity index (χ2v) is 18.6. The number of benzene rings is 10. The fraction of sp³-hybridized carbons (Fsp3) is 0.0152. The summed E-state index contributed by atoms with van der Waals surface area (Å²) in [7, 11) is 0. The summed E-state index contributed by atoms with van der Waals surface area (Å²) in [6, 6.07) is 85.3. The van der Waals surface area contributed by atoms with Crippen molar-refractivity contribution in [2.75, 3.05) is 4.90 Å². The lowest BCUT2D eigenvalue weighted by Crippen LogP contribution is -2.44. The van der Waals surface area contributed by atoms with E-state index in [2.05, 4.69) is 273 Å². The van der Waals surface area contributed by atoms with E-state index >= 15 is 0 Å². The van der Waals surface area contributed by atoms with Crippen LogP contribution in [0.1, 0.15) is 0 Å². The number of hydrogen-bond donors (Lipinski definition) is 0. The summed E-state index contributed by atoms with van der Waals surface area (Å²) < 4.78 is 7.44. The third-order valence-corrected chi connectivity index (χ3v) is 14.9. The van der Waals surface area contributed by atoms with Crippen molar-refractivity contribution in [3.8, 4) is 55.9 Å². The fourth-order valence-electron chi connectivity index (χ4n) is 12.1. The van der Waals surface area contributed by atoms with Gasteiger partial charge in [0, 0.05) is 62.8 Å². The minimum Gasteiger partial charge on any atom is -0.319 e. The first-order valence-corrected chi connectivity index (χ1v) is 24.2. The first kappa shape index (κ1) is 38.8. The Kier molecular flexibility index (Phi) is 8.39. The van der Waals surface area contributed by atoms with E-state index in [1.54, 1.807) is 0 Å². The molecule has 0 spiro atoms. The van der Waals surface area contributed by atoms with Crippen LogP contribution < -0.4 is 9.48 Å². The molecule has 2 aromatic heterocycles. The molecule has 0 N–H and O–H groups in total. The summed E-state index contributed by atoms with van der Waals surface area (Å²) in [6.07, 6.45) is 8.99. The van der Waals surface area contributed by atoms with Crippen LogP contribution in [0.2, 0.25) is 0 Å². The topological polar surface area (TPSA) is 16.1 Å². The molecule has 326 valence electrons. The average Bonchev–Trinajstić information content (AvgIpc) is 3.94. The zero-order valence-electron chi connectivity index (χ0n) is 38.1. The number of nitrogens with zero attached hydrogens (tertiary/aromatic N) is 4. The van der Waals surface area contributed by atoms with Crippen molar-refractivity contribution in [2.24, 2.45) is 0 Å². The maximum atomic E-state index is 2.54. The number of fused-ring (bicyclic) bond motifs is 16. The van der Waals surface area contributed by atoms with Gasteiger partial charge in [-0.25, -0.2) is 0 Å². The standard InChI is InChI=1S/C66H43N4/c1-3-20-43(21-4-1)67-61-35-17-18-36-62(61)68(44-22-5-2-6-23-44)65-42-55-53-31-19-37-63(66(53)52-30-10-9-25-47(52)46-24-7-8-26-48(46)54(55)41-64(65)67)70-59-34-16-13-29-51(59)56-40-45(38-39-60(56)70)69-57-32-14-11-27-49(57)50-28-12-15-33-58(50)69/h1-42,62H/q+1. The van der Waals surface area contributed by atoms with Crippen molar-refractivity contribution >= 4 is 72.1 Å². The van der Waals surface area contributed by atoms with Gasteiger partial charge in [0.1, 0.15) is 11.7 Å². The molecule has 1 atom stereocenters. The predicted octanol–water partition coefficient (Wildman–Crippen LogP) is 16.8. The van der Waals surface area contributed by atoms with Crippen LogP contribution in [0, 0.1) is 0 Å². The smallest absolute Gasteiger partial charge is 0.235 e. The normalized spacial score (nSPS) is 14.5. The van der Waals surface area contributed by atoms with Gasteiger partial charge in [0.25, 0.3) is 0 Å². The van der Waals surface area contributed by atoms with Gasteiger partial charge in [-0.3, -0.25) is 0 Å². The fourth-order valence-corrected chi connectivity index (χ4v) is 12.1. The lowest BCUT2D eigenvalue weighted by Gasteiger charge is -2.37. The molecule has 15 rings (SSSR count). The zero-order chi connectivity index (χ0) is 45.9. The van der Waals surface area contributed by atoms with Crippen LogP contribution in [-0.4, -0.2) is 20.9 Å². The maximum absolute atomic E-state index is 2.54. The summed E-state index contributed by atoms with van der Waals surface area (Å²) in [5.41, 5.74) is 22.5. The van der Waals surface area contributed by atoms with Crippen molar-refractivity contribution in [1.82, 2.24) is 13.7 Å². The molecule has 1 unspecified atom stereocenters. The molecule has 0 bridgehead atoms. The molecule has 1 aliphatic heterocycles. The monoisotopic (exact) mass is 891 g/mol. The number of allylic oxidation sites excluding steroid dienone is 2. The lowest BCUT2D eigenvalue weighted by molar-refractivity contribution is 0.897. The minimum atomic E-state index is -0.0319. The van der Waals surface area contributed by atoms with Crippen molar-refractivity contribution in [2.45, 2.75) is 6.04 Å². The number of aromatic nitrogens is 2. The summed E-state index contributed by atoms with van der Waals surface area (Å²) in [5, 5.41) is 4.96. The Morgan fingerprint density at radius 2 is 0.886 bits per heavy atom. The number of hydrogen-bond acceptors (Lipinski definition) is 1. The van der Waals surface area contributed by atoms with Gasteiger partial charge >= 0.3 is 0 Å². The molecule has 3 aliphatic rings. The van der Waals surface area contributed by atoms with Crippen LogP contribution in [0.5, 0.6) is 0 Å². The molecule has 0 amide bonds. The van der Waals surface area contributed by atoms with Crippen LogP contribution in [0.25, 0.3) is 99.5 Å². The number of anilines is 2. The Labute approximate surface area is 405 Å². The number of para-hydroxylation sites is 5. The molecule has 0 radical (unpaired) electrons. The predicted molar refractivity (Wildman–Crippen MR) is 294 cm³/mol. The van der Waals surface area contributed by atoms with Crippen molar-refractivity contribution < 1.29 is 0 Å². The molecule has 2 aliphatic carbocycles. The second kappa shape index (κ2) is 15.1. The second-order valence-electron chi connectivity index (χ2n) is 18.6. The molecule has 3 heterocycles.